The fraction of sp³-hybridized carbons (Fsp3) is 0.844. The number of quaternary nitrogens is 1. The predicted octanol–water partition coefficient (Wildman–Crippen LogP) is 9.94. The second-order valence-corrected chi connectivity index (χ2v) is 16.0. The second-order valence-electron chi connectivity index (χ2n) is 16.0. The first-order chi connectivity index (χ1) is 26.1. The van der Waals surface area contributed by atoms with E-state index in [4.69, 9.17) is 18.9 Å². The highest BCUT2D eigenvalue weighted by Gasteiger charge is 2.21. The molecule has 0 aliphatic rings. The third-order valence-corrected chi connectivity index (χ3v) is 9.45. The van der Waals surface area contributed by atoms with Gasteiger partial charge in [0.2, 0.25) is 0 Å². The van der Waals surface area contributed by atoms with Gasteiger partial charge in [-0.2, -0.15) is 0 Å². The van der Waals surface area contributed by atoms with Gasteiger partial charge in [0.25, 0.3) is 0 Å². The average Bonchev–Trinajstić information content (AvgIpc) is 3.12. The summed E-state index contributed by atoms with van der Waals surface area (Å²) >= 11 is 0. The van der Waals surface area contributed by atoms with E-state index >= 15 is 0 Å². The predicted molar refractivity (Wildman–Crippen MR) is 219 cm³/mol. The van der Waals surface area contributed by atoms with Crippen LogP contribution in [0.15, 0.2) is 24.3 Å². The van der Waals surface area contributed by atoms with Crippen molar-refractivity contribution in [3.05, 3.63) is 24.3 Å². The summed E-state index contributed by atoms with van der Waals surface area (Å²) in [5.74, 6) is -2.29. The Morgan fingerprint density at radius 1 is 0.556 bits per heavy atom. The largest absolute Gasteiger partial charge is 0.545 e. The van der Waals surface area contributed by atoms with Crippen LogP contribution in [-0.2, 0) is 33.3 Å². The number of aliphatic carboxylic acids is 1. The lowest BCUT2D eigenvalue weighted by Crippen LogP contribution is -2.44. The zero-order valence-electron chi connectivity index (χ0n) is 35.6. The van der Waals surface area contributed by atoms with E-state index in [2.05, 4.69) is 38.2 Å². The number of likely N-dealkylation sites (N-methyl/N-ethyl adjacent to an activating group) is 1. The summed E-state index contributed by atoms with van der Waals surface area (Å²) in [5.41, 5.74) is 0. The molecule has 0 aliphatic heterocycles. The normalized spacial score (nSPS) is 13.1. The molecule has 0 aromatic rings. The van der Waals surface area contributed by atoms with Gasteiger partial charge < -0.3 is 33.3 Å². The van der Waals surface area contributed by atoms with Gasteiger partial charge in [-0.25, -0.2) is 0 Å². The quantitative estimate of drug-likeness (QED) is 0.0199. The van der Waals surface area contributed by atoms with E-state index in [9.17, 15) is 19.5 Å². The fourth-order valence-corrected chi connectivity index (χ4v) is 5.98. The third kappa shape index (κ3) is 38.1. The number of hydrogen-bond acceptors (Lipinski definition) is 8. The summed E-state index contributed by atoms with van der Waals surface area (Å²) in [4.78, 5) is 36.7. The Hall–Kier alpha value is -2.23. The second kappa shape index (κ2) is 37.7. The first-order valence-corrected chi connectivity index (χ1v) is 22.0. The maximum Gasteiger partial charge on any atom is 0.306 e. The van der Waals surface area contributed by atoms with Crippen molar-refractivity contribution < 1.29 is 42.9 Å². The highest BCUT2D eigenvalue weighted by Crippen LogP contribution is 2.14. The monoisotopic (exact) mass is 766 g/mol. The summed E-state index contributed by atoms with van der Waals surface area (Å²) in [6.45, 7) is 4.66. The van der Waals surface area contributed by atoms with Gasteiger partial charge in [0.15, 0.2) is 12.4 Å². The third-order valence-electron chi connectivity index (χ3n) is 9.45. The Kier molecular flexibility index (Phi) is 36.1. The van der Waals surface area contributed by atoms with Gasteiger partial charge >= 0.3 is 11.9 Å². The standard InChI is InChI=1S/C45H83NO8/c1-6-8-10-12-14-15-16-17-18-19-20-21-22-23-24-25-26-27-28-29-30-32-34-36-43(48)54-41(39-52-42(47)35-33-31-13-11-9-7-2)40-53-45(44(49)50)51-38-37-46(3,4)5/h16-17,19-20,41,45H,6-15,18,21-40H2,1-5H3/b17-16-,20-19-. The van der Waals surface area contributed by atoms with E-state index < -0.39 is 24.3 Å². The molecule has 0 radical (unpaired) electrons. The Bertz CT molecular complexity index is 944. The molecule has 54 heavy (non-hydrogen) atoms. The lowest BCUT2D eigenvalue weighted by atomic mass is 10.0. The molecule has 0 spiro atoms. The van der Waals surface area contributed by atoms with Crippen molar-refractivity contribution in [2.45, 2.75) is 200 Å². The van der Waals surface area contributed by atoms with E-state index in [1.165, 1.54) is 103 Å². The van der Waals surface area contributed by atoms with Gasteiger partial charge in [-0.3, -0.25) is 9.59 Å². The van der Waals surface area contributed by atoms with Crippen molar-refractivity contribution in [2.24, 2.45) is 0 Å². The molecule has 0 saturated carbocycles. The minimum Gasteiger partial charge on any atom is -0.545 e. The summed E-state index contributed by atoms with van der Waals surface area (Å²) in [6, 6.07) is 0. The molecule has 9 nitrogen and oxygen atoms in total. The van der Waals surface area contributed by atoms with Crippen LogP contribution >= 0.6 is 0 Å². The van der Waals surface area contributed by atoms with Crippen LogP contribution in [0.3, 0.4) is 0 Å². The molecule has 0 aromatic carbocycles. The van der Waals surface area contributed by atoms with Crippen molar-refractivity contribution in [1.82, 2.24) is 0 Å². The molecule has 0 heterocycles. The van der Waals surface area contributed by atoms with Crippen LogP contribution in [0.1, 0.15) is 187 Å². The molecular formula is C45H83NO8. The van der Waals surface area contributed by atoms with Gasteiger partial charge in [-0.05, 0) is 44.9 Å². The minimum absolute atomic E-state index is 0.149. The van der Waals surface area contributed by atoms with Crippen LogP contribution in [0.25, 0.3) is 0 Å². The number of carbonyl (C=O) groups excluding carboxylic acids is 3. The first-order valence-electron chi connectivity index (χ1n) is 22.0. The molecule has 0 rings (SSSR count). The lowest BCUT2D eigenvalue weighted by Gasteiger charge is -2.26. The number of nitrogens with zero attached hydrogens (tertiary/aromatic N) is 1. The van der Waals surface area contributed by atoms with Gasteiger partial charge in [0.05, 0.1) is 40.3 Å². The van der Waals surface area contributed by atoms with E-state index in [1.54, 1.807) is 0 Å². The van der Waals surface area contributed by atoms with Crippen molar-refractivity contribution in [2.75, 3.05) is 47.5 Å². The van der Waals surface area contributed by atoms with Crippen molar-refractivity contribution in [3.63, 3.8) is 0 Å². The molecule has 0 fully saturated rings. The summed E-state index contributed by atoms with van der Waals surface area (Å²) in [6.07, 6.45) is 36.7. The molecule has 0 bridgehead atoms. The SMILES string of the molecule is CCCCCCC/C=C\C/C=C\CCCCCCCCCCCCCC(=O)OC(COC(=O)CCCCCCCC)COC(OCC[N+](C)(C)C)C(=O)[O-]. The molecule has 0 aliphatic carbocycles. The Labute approximate surface area is 331 Å². The number of esters is 2. The van der Waals surface area contributed by atoms with Crippen molar-refractivity contribution in [1.29, 1.82) is 0 Å². The number of rotatable bonds is 40. The zero-order chi connectivity index (χ0) is 40.0. The Balaban J connectivity index is 4.21. The molecule has 9 heteroatoms. The highest BCUT2D eigenvalue weighted by atomic mass is 16.7. The highest BCUT2D eigenvalue weighted by molar-refractivity contribution is 5.70. The van der Waals surface area contributed by atoms with Crippen LogP contribution in [0.5, 0.6) is 0 Å². The summed E-state index contributed by atoms with van der Waals surface area (Å²) in [7, 11) is 5.90. The number of carbonyl (C=O) groups is 3. The lowest BCUT2D eigenvalue weighted by molar-refractivity contribution is -0.870. The molecular weight excluding hydrogens is 682 g/mol. The van der Waals surface area contributed by atoms with E-state index in [0.717, 1.165) is 51.4 Å². The van der Waals surface area contributed by atoms with Crippen LogP contribution in [0, 0.1) is 0 Å². The first kappa shape index (κ1) is 51.8. The number of ether oxygens (including phenoxy) is 4. The molecule has 0 amide bonds. The fourth-order valence-electron chi connectivity index (χ4n) is 5.98. The topological polar surface area (TPSA) is 111 Å². The molecule has 316 valence electrons. The molecule has 2 atom stereocenters. The molecule has 0 aromatic heterocycles. The summed E-state index contributed by atoms with van der Waals surface area (Å²) in [5, 5.41) is 11.6. The maximum absolute atomic E-state index is 12.7. The van der Waals surface area contributed by atoms with Crippen LogP contribution in [0.4, 0.5) is 0 Å². The van der Waals surface area contributed by atoms with Gasteiger partial charge in [0, 0.05) is 12.8 Å². The average molecular weight is 766 g/mol. The van der Waals surface area contributed by atoms with E-state index in [1.807, 2.05) is 21.1 Å². The van der Waals surface area contributed by atoms with Gasteiger partial charge in [-0.1, -0.05) is 154 Å². The number of carboxylic acids is 1. The smallest absolute Gasteiger partial charge is 0.306 e. The number of unbranched alkanes of at least 4 members (excludes halogenated alkanes) is 21. The molecule has 2 unspecified atom stereocenters. The van der Waals surface area contributed by atoms with Crippen LogP contribution in [-0.4, -0.2) is 82.3 Å². The van der Waals surface area contributed by atoms with Crippen LogP contribution < -0.4 is 5.11 Å². The number of carboxylic acid groups (broad SMARTS) is 1. The van der Waals surface area contributed by atoms with Crippen molar-refractivity contribution in [3.8, 4) is 0 Å². The summed E-state index contributed by atoms with van der Waals surface area (Å²) < 4.78 is 22.4. The zero-order valence-corrected chi connectivity index (χ0v) is 35.6. The number of allylic oxidation sites excluding steroid dienone is 4. The molecule has 0 N–H and O–H groups in total. The van der Waals surface area contributed by atoms with Gasteiger partial charge in [-0.15, -0.1) is 0 Å². The Morgan fingerprint density at radius 3 is 1.46 bits per heavy atom. The van der Waals surface area contributed by atoms with Crippen LogP contribution in [0.2, 0.25) is 0 Å². The maximum atomic E-state index is 12.7. The Morgan fingerprint density at radius 2 is 1.00 bits per heavy atom. The van der Waals surface area contributed by atoms with Crippen molar-refractivity contribution >= 4 is 17.9 Å². The van der Waals surface area contributed by atoms with E-state index in [-0.39, 0.29) is 32.2 Å². The minimum atomic E-state index is -1.61. The number of hydrogen-bond donors (Lipinski definition) is 0. The van der Waals surface area contributed by atoms with Gasteiger partial charge in [0.1, 0.15) is 13.2 Å². The molecule has 0 saturated heterocycles. The van der Waals surface area contributed by atoms with E-state index in [0.29, 0.717) is 23.9 Å².